The normalized spacial score (nSPS) is 27.2. The number of hydrogen-bond acceptors (Lipinski definition) is 5. The smallest absolute Gasteiger partial charge is 0.164 e. The average Bonchev–Trinajstić information content (AvgIpc) is 2.66. The maximum atomic E-state index is 10.8. The highest BCUT2D eigenvalue weighted by Gasteiger charge is 2.51. The lowest BCUT2D eigenvalue weighted by atomic mass is 9.84. The van der Waals surface area contributed by atoms with E-state index < -0.39 is 29.7 Å². The van der Waals surface area contributed by atoms with Gasteiger partial charge in [0, 0.05) is 7.11 Å². The van der Waals surface area contributed by atoms with E-state index in [0.29, 0.717) is 12.8 Å². The molecule has 1 fully saturated rings. The number of hydrogen-bond donors (Lipinski definition) is 2. The lowest BCUT2D eigenvalue weighted by Gasteiger charge is -2.38. The van der Waals surface area contributed by atoms with Crippen LogP contribution in [-0.4, -0.2) is 53.6 Å². The zero-order chi connectivity index (χ0) is 15.4. The van der Waals surface area contributed by atoms with Crippen LogP contribution in [-0.2, 0) is 14.2 Å². The van der Waals surface area contributed by atoms with Gasteiger partial charge >= 0.3 is 0 Å². The van der Waals surface area contributed by atoms with Crippen molar-refractivity contribution < 1.29 is 24.4 Å². The van der Waals surface area contributed by atoms with Gasteiger partial charge in [-0.15, -0.1) is 13.2 Å². The SMILES string of the molecule is C=CCC(O)(CC=C)[C@H](OC)[C@H]1OC(C)(C)O[C@H]1CO. The van der Waals surface area contributed by atoms with Gasteiger partial charge in [0.1, 0.15) is 23.9 Å². The van der Waals surface area contributed by atoms with Gasteiger partial charge < -0.3 is 24.4 Å². The first kappa shape index (κ1) is 17.3. The Morgan fingerprint density at radius 2 is 1.85 bits per heavy atom. The van der Waals surface area contributed by atoms with Crippen molar-refractivity contribution in [1.29, 1.82) is 0 Å². The summed E-state index contributed by atoms with van der Waals surface area (Å²) in [6.45, 7) is 10.7. The molecule has 0 aliphatic carbocycles. The molecule has 1 heterocycles. The minimum Gasteiger partial charge on any atom is -0.394 e. The summed E-state index contributed by atoms with van der Waals surface area (Å²) in [6.07, 6.45) is 2.15. The Morgan fingerprint density at radius 1 is 1.30 bits per heavy atom. The maximum absolute atomic E-state index is 10.8. The van der Waals surface area contributed by atoms with E-state index in [2.05, 4.69) is 13.2 Å². The fourth-order valence-electron chi connectivity index (χ4n) is 2.74. The molecule has 0 amide bonds. The van der Waals surface area contributed by atoms with Crippen LogP contribution in [0.25, 0.3) is 0 Å². The van der Waals surface area contributed by atoms with E-state index in [4.69, 9.17) is 14.2 Å². The van der Waals surface area contributed by atoms with Crippen LogP contribution in [0.4, 0.5) is 0 Å². The van der Waals surface area contributed by atoms with Gasteiger partial charge in [0.25, 0.3) is 0 Å². The van der Waals surface area contributed by atoms with Gasteiger partial charge in [0.05, 0.1) is 6.61 Å². The van der Waals surface area contributed by atoms with Gasteiger partial charge in [-0.1, -0.05) is 12.2 Å². The predicted molar refractivity (Wildman–Crippen MR) is 76.3 cm³/mol. The highest BCUT2D eigenvalue weighted by Crippen LogP contribution is 2.36. The zero-order valence-corrected chi connectivity index (χ0v) is 12.5. The van der Waals surface area contributed by atoms with Crippen molar-refractivity contribution in [3.05, 3.63) is 25.3 Å². The minimum atomic E-state index is -1.19. The third-order valence-electron chi connectivity index (χ3n) is 3.48. The second-order valence-corrected chi connectivity index (χ2v) is 5.57. The van der Waals surface area contributed by atoms with E-state index in [9.17, 15) is 10.2 Å². The van der Waals surface area contributed by atoms with Crippen molar-refractivity contribution in [1.82, 2.24) is 0 Å². The molecule has 1 aliphatic rings. The lowest BCUT2D eigenvalue weighted by Crippen LogP contribution is -2.53. The Hall–Kier alpha value is -0.720. The quantitative estimate of drug-likeness (QED) is 0.660. The van der Waals surface area contributed by atoms with Crippen LogP contribution in [0.15, 0.2) is 25.3 Å². The summed E-state index contributed by atoms with van der Waals surface area (Å²) in [7, 11) is 1.50. The highest BCUT2D eigenvalue weighted by molar-refractivity contribution is 5.03. The molecule has 2 N–H and O–H groups in total. The monoisotopic (exact) mass is 286 g/mol. The Morgan fingerprint density at radius 3 is 2.25 bits per heavy atom. The number of aliphatic hydroxyl groups is 2. The van der Waals surface area contributed by atoms with Crippen LogP contribution in [0.1, 0.15) is 26.7 Å². The topological polar surface area (TPSA) is 68.2 Å². The van der Waals surface area contributed by atoms with Crippen LogP contribution in [0, 0.1) is 0 Å². The average molecular weight is 286 g/mol. The number of aliphatic hydroxyl groups excluding tert-OH is 1. The van der Waals surface area contributed by atoms with Crippen LogP contribution >= 0.6 is 0 Å². The van der Waals surface area contributed by atoms with Gasteiger partial charge in [-0.25, -0.2) is 0 Å². The summed E-state index contributed by atoms with van der Waals surface area (Å²) in [5, 5.41) is 20.3. The summed E-state index contributed by atoms with van der Waals surface area (Å²) in [4.78, 5) is 0. The van der Waals surface area contributed by atoms with Crippen LogP contribution in [0.2, 0.25) is 0 Å². The van der Waals surface area contributed by atoms with Gasteiger partial charge in [0.15, 0.2) is 5.79 Å². The van der Waals surface area contributed by atoms with Crippen LogP contribution in [0.5, 0.6) is 0 Å². The first-order valence-electron chi connectivity index (χ1n) is 6.77. The summed E-state index contributed by atoms with van der Waals surface area (Å²) in [5.74, 6) is -0.821. The maximum Gasteiger partial charge on any atom is 0.164 e. The molecule has 1 rings (SSSR count). The van der Waals surface area contributed by atoms with Gasteiger partial charge in [0.2, 0.25) is 0 Å². The molecule has 0 spiro atoms. The molecular weight excluding hydrogens is 260 g/mol. The molecule has 0 saturated carbocycles. The lowest BCUT2D eigenvalue weighted by molar-refractivity contribution is -0.183. The first-order valence-corrected chi connectivity index (χ1v) is 6.77. The van der Waals surface area contributed by atoms with E-state index in [-0.39, 0.29) is 6.61 Å². The van der Waals surface area contributed by atoms with Crippen molar-refractivity contribution in [2.75, 3.05) is 13.7 Å². The molecule has 0 aromatic rings. The van der Waals surface area contributed by atoms with Crippen molar-refractivity contribution in [2.45, 2.75) is 56.4 Å². The number of rotatable bonds is 8. The number of methoxy groups -OCH3 is 1. The fourth-order valence-corrected chi connectivity index (χ4v) is 2.74. The molecular formula is C15H26O5. The van der Waals surface area contributed by atoms with E-state index >= 15 is 0 Å². The largest absolute Gasteiger partial charge is 0.394 e. The third kappa shape index (κ3) is 3.68. The molecule has 0 bridgehead atoms. The Labute approximate surface area is 120 Å². The minimum absolute atomic E-state index is 0.202. The fraction of sp³-hybridized carbons (Fsp3) is 0.733. The van der Waals surface area contributed by atoms with Crippen molar-refractivity contribution in [2.24, 2.45) is 0 Å². The standard InChI is InChI=1S/C15H26O5/c1-6-8-15(17,9-7-2)13(18-5)12-11(10-16)19-14(3,4)20-12/h6-7,11-13,16-17H,1-2,8-10H2,3-5H3/t11-,12-,13+/m0/s1. The van der Waals surface area contributed by atoms with Gasteiger partial charge in [-0.05, 0) is 26.7 Å². The molecule has 5 nitrogen and oxygen atoms in total. The first-order chi connectivity index (χ1) is 9.33. The molecule has 0 radical (unpaired) electrons. The molecule has 0 unspecified atom stereocenters. The molecule has 1 aliphatic heterocycles. The molecule has 3 atom stereocenters. The molecule has 1 saturated heterocycles. The second kappa shape index (κ2) is 6.83. The van der Waals surface area contributed by atoms with Gasteiger partial charge in [-0.3, -0.25) is 0 Å². The Bertz CT molecular complexity index is 329. The molecule has 20 heavy (non-hydrogen) atoms. The van der Waals surface area contributed by atoms with Crippen molar-refractivity contribution >= 4 is 0 Å². The van der Waals surface area contributed by atoms with Crippen LogP contribution in [0.3, 0.4) is 0 Å². The Balaban J connectivity index is 3.03. The van der Waals surface area contributed by atoms with E-state index in [1.54, 1.807) is 26.0 Å². The molecule has 0 aromatic carbocycles. The predicted octanol–water partition coefficient (Wildman–Crippen LogP) is 1.40. The molecule has 0 aromatic heterocycles. The summed E-state index contributed by atoms with van der Waals surface area (Å²) in [5.41, 5.74) is -1.19. The molecule has 116 valence electrons. The zero-order valence-electron chi connectivity index (χ0n) is 12.5. The van der Waals surface area contributed by atoms with Crippen molar-refractivity contribution in [3.63, 3.8) is 0 Å². The molecule has 5 heteroatoms. The number of ether oxygens (including phenoxy) is 3. The Kier molecular flexibility index (Phi) is 5.91. The summed E-state index contributed by atoms with van der Waals surface area (Å²) < 4.78 is 16.9. The van der Waals surface area contributed by atoms with Crippen LogP contribution < -0.4 is 0 Å². The van der Waals surface area contributed by atoms with E-state index in [1.807, 2.05) is 0 Å². The summed E-state index contributed by atoms with van der Waals surface area (Å²) >= 11 is 0. The second-order valence-electron chi connectivity index (χ2n) is 5.57. The summed E-state index contributed by atoms with van der Waals surface area (Å²) in [6, 6.07) is 0. The van der Waals surface area contributed by atoms with Crippen molar-refractivity contribution in [3.8, 4) is 0 Å². The van der Waals surface area contributed by atoms with E-state index in [1.165, 1.54) is 7.11 Å². The van der Waals surface area contributed by atoms with Gasteiger partial charge in [-0.2, -0.15) is 0 Å². The third-order valence-corrected chi connectivity index (χ3v) is 3.48. The van der Waals surface area contributed by atoms with E-state index in [0.717, 1.165) is 0 Å². The highest BCUT2D eigenvalue weighted by atomic mass is 16.8.